The van der Waals surface area contributed by atoms with Crippen molar-refractivity contribution in [2.75, 3.05) is 23.8 Å². The first-order valence-corrected chi connectivity index (χ1v) is 11.2. The Balaban J connectivity index is 0.00000180. The van der Waals surface area contributed by atoms with Crippen molar-refractivity contribution in [3.8, 4) is 11.5 Å². The lowest BCUT2D eigenvalue weighted by Crippen LogP contribution is -2.17. The van der Waals surface area contributed by atoms with Crippen LogP contribution in [0.5, 0.6) is 11.5 Å². The summed E-state index contributed by atoms with van der Waals surface area (Å²) >= 11 is 1.19. The predicted molar refractivity (Wildman–Crippen MR) is 133 cm³/mol. The molecule has 4 aromatic rings. The summed E-state index contributed by atoms with van der Waals surface area (Å²) in [5, 5.41) is 6.07. The summed E-state index contributed by atoms with van der Waals surface area (Å²) in [5.41, 5.74) is 1.34. The molecule has 5 rings (SSSR count). The molecule has 0 saturated heterocycles. The van der Waals surface area contributed by atoms with Crippen LogP contribution in [0.1, 0.15) is 28.6 Å². The Kier molecular flexibility index (Phi) is 5.89. The van der Waals surface area contributed by atoms with Crippen LogP contribution in [0.2, 0.25) is 0 Å². The molecule has 10 heteroatoms. The van der Waals surface area contributed by atoms with E-state index in [1.54, 1.807) is 30.3 Å². The number of rotatable bonds is 5. The van der Waals surface area contributed by atoms with Gasteiger partial charge in [0.05, 0.1) is 18.4 Å². The van der Waals surface area contributed by atoms with Crippen molar-refractivity contribution in [1.82, 2.24) is 4.98 Å². The second-order valence-corrected chi connectivity index (χ2v) is 8.50. The SMILES string of the molecule is [B]Cc1ccc2cc(C(=O)Nc3cc(NC(=O)c4ccc5c(c4)OCCO5)ccc3F)sc2n1.[HH].[HH]. The predicted octanol–water partition coefficient (Wildman–Crippen LogP) is 4.87. The number of aromatic nitrogens is 1. The molecule has 0 saturated carbocycles. The van der Waals surface area contributed by atoms with Crippen LogP contribution in [0, 0.1) is 5.82 Å². The summed E-state index contributed by atoms with van der Waals surface area (Å²) in [6, 6.07) is 14.1. The summed E-state index contributed by atoms with van der Waals surface area (Å²) < 4.78 is 25.4. The van der Waals surface area contributed by atoms with Gasteiger partial charge in [0, 0.05) is 25.2 Å². The number of fused-ring (bicyclic) bond motifs is 2. The van der Waals surface area contributed by atoms with E-state index < -0.39 is 17.6 Å². The number of anilines is 2. The Morgan fingerprint density at radius 3 is 2.65 bits per heavy atom. The highest BCUT2D eigenvalue weighted by molar-refractivity contribution is 7.20. The topological polar surface area (TPSA) is 89.6 Å². The minimum atomic E-state index is -0.629. The van der Waals surface area contributed by atoms with E-state index in [2.05, 4.69) is 15.6 Å². The molecular weight excluding hydrogens is 456 g/mol. The number of carbonyl (C=O) groups is 2. The maximum Gasteiger partial charge on any atom is 0.265 e. The number of carbonyl (C=O) groups excluding carboxylic acids is 2. The number of amides is 2. The monoisotopic (exact) mass is 477 g/mol. The van der Waals surface area contributed by atoms with Gasteiger partial charge >= 0.3 is 0 Å². The molecule has 0 fully saturated rings. The summed E-state index contributed by atoms with van der Waals surface area (Å²) in [4.78, 5) is 30.9. The van der Waals surface area contributed by atoms with Gasteiger partial charge in [-0.3, -0.25) is 9.59 Å². The number of thiophene rings is 1. The lowest BCUT2D eigenvalue weighted by Gasteiger charge is -2.18. The van der Waals surface area contributed by atoms with E-state index in [1.165, 1.54) is 29.5 Å². The zero-order valence-electron chi connectivity index (χ0n) is 17.8. The molecule has 1 aliphatic rings. The van der Waals surface area contributed by atoms with Crippen molar-refractivity contribution in [3.05, 3.63) is 76.5 Å². The number of nitrogens with one attached hydrogen (secondary N) is 2. The normalized spacial score (nSPS) is 12.4. The third-order valence-electron chi connectivity index (χ3n) is 5.15. The van der Waals surface area contributed by atoms with Crippen LogP contribution in [-0.4, -0.2) is 37.9 Å². The second kappa shape index (κ2) is 9.15. The fraction of sp³-hybridized carbons (Fsp3) is 0.125. The average molecular weight is 477 g/mol. The maximum absolute atomic E-state index is 14.4. The molecule has 1 aliphatic heterocycles. The van der Waals surface area contributed by atoms with Gasteiger partial charge in [-0.2, -0.15) is 0 Å². The van der Waals surface area contributed by atoms with Gasteiger partial charge in [0.2, 0.25) is 0 Å². The number of nitrogens with zero attached hydrogens (tertiary/aromatic N) is 1. The molecule has 0 bridgehead atoms. The largest absolute Gasteiger partial charge is 0.486 e. The van der Waals surface area contributed by atoms with E-state index in [9.17, 15) is 14.0 Å². The number of hydrogen-bond donors (Lipinski definition) is 2. The Bertz CT molecular complexity index is 1440. The van der Waals surface area contributed by atoms with Crippen LogP contribution in [0.4, 0.5) is 15.8 Å². The zero-order chi connectivity index (χ0) is 23.7. The number of benzene rings is 2. The van der Waals surface area contributed by atoms with Crippen LogP contribution in [0.3, 0.4) is 0 Å². The van der Waals surface area contributed by atoms with Crippen LogP contribution in [0.25, 0.3) is 10.2 Å². The molecule has 2 N–H and O–H groups in total. The summed E-state index contributed by atoms with van der Waals surface area (Å²) in [6.07, 6.45) is 0.297. The van der Waals surface area contributed by atoms with Gasteiger partial charge in [-0.15, -0.1) is 11.3 Å². The fourth-order valence-electron chi connectivity index (χ4n) is 3.45. The van der Waals surface area contributed by atoms with Gasteiger partial charge in [0.25, 0.3) is 11.8 Å². The van der Waals surface area contributed by atoms with Gasteiger partial charge in [0.1, 0.15) is 23.9 Å². The lowest BCUT2D eigenvalue weighted by molar-refractivity contribution is 0.102. The van der Waals surface area contributed by atoms with Gasteiger partial charge in [-0.25, -0.2) is 9.37 Å². The Hall–Kier alpha value is -3.92. The van der Waals surface area contributed by atoms with Crippen LogP contribution in [-0.2, 0) is 6.32 Å². The van der Waals surface area contributed by atoms with E-state index >= 15 is 0 Å². The third-order valence-corrected chi connectivity index (χ3v) is 6.19. The van der Waals surface area contributed by atoms with Crippen molar-refractivity contribution >= 4 is 52.6 Å². The van der Waals surface area contributed by atoms with E-state index in [4.69, 9.17) is 17.3 Å². The van der Waals surface area contributed by atoms with Crippen LogP contribution >= 0.6 is 11.3 Å². The van der Waals surface area contributed by atoms with Gasteiger partial charge in [-0.1, -0.05) is 6.07 Å². The molecule has 0 aliphatic carbocycles. The number of halogens is 1. The summed E-state index contributed by atoms with van der Waals surface area (Å²) in [7, 11) is 5.62. The highest BCUT2D eigenvalue weighted by Crippen LogP contribution is 2.31. The molecule has 0 unspecified atom stereocenters. The Morgan fingerprint density at radius 2 is 1.82 bits per heavy atom. The Labute approximate surface area is 202 Å². The highest BCUT2D eigenvalue weighted by atomic mass is 32.1. The van der Waals surface area contributed by atoms with E-state index in [0.717, 1.165) is 5.39 Å². The molecule has 2 amide bonds. The fourth-order valence-corrected chi connectivity index (χ4v) is 4.40. The van der Waals surface area contributed by atoms with Crippen LogP contribution < -0.4 is 20.1 Å². The van der Waals surface area contributed by atoms with E-state index in [0.29, 0.717) is 57.7 Å². The van der Waals surface area contributed by atoms with Crippen molar-refractivity contribution in [1.29, 1.82) is 0 Å². The standard InChI is InChI=1S/C24H17BFN3O4S.2H2/c25-12-16-3-1-14-10-21(34-24(14)28-16)23(31)29-18-11-15(4-5-17(18)26)27-22(30)13-2-6-19-20(9-13)33-8-7-32-19;;/h1-6,9-11H,7-8,12H2,(H,27,30)(H,29,31);2*1H. The van der Waals surface area contributed by atoms with E-state index in [1.807, 2.05) is 6.07 Å². The summed E-state index contributed by atoms with van der Waals surface area (Å²) in [6.45, 7) is 0.860. The van der Waals surface area contributed by atoms with Gasteiger partial charge in [-0.05, 0) is 54.9 Å². The van der Waals surface area contributed by atoms with E-state index in [-0.39, 0.29) is 8.54 Å². The molecule has 2 aromatic heterocycles. The summed E-state index contributed by atoms with van der Waals surface area (Å²) in [5.74, 6) is -0.457. The molecule has 34 heavy (non-hydrogen) atoms. The van der Waals surface area contributed by atoms with Crippen molar-refractivity contribution in [2.45, 2.75) is 6.32 Å². The van der Waals surface area contributed by atoms with Crippen molar-refractivity contribution in [3.63, 3.8) is 0 Å². The molecule has 2 radical (unpaired) electrons. The molecule has 0 atom stereocenters. The first kappa shape index (κ1) is 21.9. The average Bonchev–Trinajstić information content (AvgIpc) is 3.29. The second-order valence-electron chi connectivity index (χ2n) is 7.47. The molecule has 3 heterocycles. The molecular formula is C24H21BFN3O4S. The quantitative estimate of drug-likeness (QED) is 0.401. The molecule has 2 aromatic carbocycles. The minimum absolute atomic E-state index is 0. The third kappa shape index (κ3) is 4.44. The maximum atomic E-state index is 14.4. The molecule has 172 valence electrons. The number of ether oxygens (including phenoxy) is 2. The van der Waals surface area contributed by atoms with Crippen molar-refractivity contribution in [2.24, 2.45) is 0 Å². The highest BCUT2D eigenvalue weighted by Gasteiger charge is 2.17. The molecule has 0 spiro atoms. The number of hydrogen-bond acceptors (Lipinski definition) is 6. The van der Waals surface area contributed by atoms with Gasteiger partial charge < -0.3 is 20.1 Å². The minimum Gasteiger partial charge on any atom is -0.486 e. The first-order chi connectivity index (χ1) is 16.5. The van der Waals surface area contributed by atoms with Gasteiger partial charge in [0.15, 0.2) is 11.5 Å². The number of pyridine rings is 1. The van der Waals surface area contributed by atoms with Crippen LogP contribution in [0.15, 0.2) is 54.6 Å². The zero-order valence-corrected chi connectivity index (χ0v) is 18.6. The smallest absolute Gasteiger partial charge is 0.265 e. The Morgan fingerprint density at radius 1 is 1.00 bits per heavy atom. The first-order valence-electron chi connectivity index (χ1n) is 10.4. The van der Waals surface area contributed by atoms with Crippen molar-refractivity contribution < 1.29 is 26.3 Å². The lowest BCUT2D eigenvalue weighted by atomic mass is 10.0. The molecule has 7 nitrogen and oxygen atoms in total.